The van der Waals surface area contributed by atoms with Crippen LogP contribution in [0.4, 0.5) is 10.5 Å². The molecule has 2 rings (SSSR count). The van der Waals surface area contributed by atoms with Crippen molar-refractivity contribution in [2.24, 2.45) is 0 Å². The van der Waals surface area contributed by atoms with Gasteiger partial charge in [0.1, 0.15) is 5.60 Å². The first-order valence-corrected chi connectivity index (χ1v) is 7.65. The van der Waals surface area contributed by atoms with Crippen molar-refractivity contribution >= 4 is 24.1 Å². The highest BCUT2D eigenvalue weighted by molar-refractivity contribution is 5.92. The SMILES string of the molecule is C=Cc1cc(-c2ccccc2NC(=O)OC(C)(C)C)ccc1C=O. The lowest BCUT2D eigenvalue weighted by Crippen LogP contribution is -2.27. The number of anilines is 1. The molecule has 4 heteroatoms. The molecular weight excluding hydrogens is 302 g/mol. The van der Waals surface area contributed by atoms with Gasteiger partial charge in [0.05, 0.1) is 5.69 Å². The fourth-order valence-corrected chi connectivity index (χ4v) is 2.28. The molecule has 0 aliphatic carbocycles. The van der Waals surface area contributed by atoms with Crippen molar-refractivity contribution < 1.29 is 14.3 Å². The first kappa shape index (κ1) is 17.5. The smallest absolute Gasteiger partial charge is 0.412 e. The number of hydrogen-bond acceptors (Lipinski definition) is 3. The van der Waals surface area contributed by atoms with E-state index < -0.39 is 11.7 Å². The van der Waals surface area contributed by atoms with E-state index in [-0.39, 0.29) is 0 Å². The number of aldehydes is 1. The number of carbonyl (C=O) groups excluding carboxylic acids is 2. The normalized spacial score (nSPS) is 10.8. The van der Waals surface area contributed by atoms with Crippen LogP contribution < -0.4 is 5.32 Å². The molecule has 0 saturated carbocycles. The van der Waals surface area contributed by atoms with Gasteiger partial charge in [-0.15, -0.1) is 0 Å². The van der Waals surface area contributed by atoms with E-state index in [9.17, 15) is 9.59 Å². The van der Waals surface area contributed by atoms with Gasteiger partial charge in [-0.2, -0.15) is 0 Å². The van der Waals surface area contributed by atoms with E-state index in [1.807, 2.05) is 51.1 Å². The molecule has 0 heterocycles. The van der Waals surface area contributed by atoms with E-state index in [1.54, 1.807) is 18.2 Å². The summed E-state index contributed by atoms with van der Waals surface area (Å²) in [5.41, 5.74) is 3.10. The summed E-state index contributed by atoms with van der Waals surface area (Å²) < 4.78 is 5.30. The van der Waals surface area contributed by atoms with E-state index in [0.717, 1.165) is 23.0 Å². The average molecular weight is 323 g/mol. The van der Waals surface area contributed by atoms with E-state index in [0.29, 0.717) is 11.3 Å². The summed E-state index contributed by atoms with van der Waals surface area (Å²) in [6, 6.07) is 12.9. The maximum atomic E-state index is 12.0. The number of carbonyl (C=O) groups is 2. The second-order valence-electron chi connectivity index (χ2n) is 6.34. The fraction of sp³-hybridized carbons (Fsp3) is 0.200. The predicted molar refractivity (Wildman–Crippen MR) is 97.2 cm³/mol. The van der Waals surface area contributed by atoms with Crippen molar-refractivity contribution in [1.29, 1.82) is 0 Å². The molecule has 2 aromatic carbocycles. The van der Waals surface area contributed by atoms with Gasteiger partial charge < -0.3 is 4.74 Å². The Labute approximate surface area is 142 Å². The number of ether oxygens (including phenoxy) is 1. The molecule has 0 aliphatic rings. The Bertz CT molecular complexity index is 773. The van der Waals surface area contributed by atoms with Gasteiger partial charge in [0.25, 0.3) is 0 Å². The van der Waals surface area contributed by atoms with Gasteiger partial charge in [0, 0.05) is 11.1 Å². The van der Waals surface area contributed by atoms with Crippen LogP contribution in [0.15, 0.2) is 49.0 Å². The molecule has 24 heavy (non-hydrogen) atoms. The maximum Gasteiger partial charge on any atom is 0.412 e. The minimum Gasteiger partial charge on any atom is -0.444 e. The van der Waals surface area contributed by atoms with E-state index in [4.69, 9.17) is 4.74 Å². The molecule has 1 amide bonds. The average Bonchev–Trinajstić information content (AvgIpc) is 2.53. The van der Waals surface area contributed by atoms with Crippen LogP contribution in [0.25, 0.3) is 17.2 Å². The molecule has 2 aromatic rings. The van der Waals surface area contributed by atoms with E-state index in [1.165, 1.54) is 0 Å². The predicted octanol–water partition coefficient (Wildman–Crippen LogP) is 5.16. The van der Waals surface area contributed by atoms with Gasteiger partial charge >= 0.3 is 6.09 Å². The van der Waals surface area contributed by atoms with Crippen molar-refractivity contribution in [2.45, 2.75) is 26.4 Å². The Hall–Kier alpha value is -2.88. The van der Waals surface area contributed by atoms with Crippen LogP contribution in [0.3, 0.4) is 0 Å². The van der Waals surface area contributed by atoms with Crippen LogP contribution in [-0.4, -0.2) is 18.0 Å². The zero-order valence-electron chi connectivity index (χ0n) is 14.1. The Morgan fingerprint density at radius 1 is 1.12 bits per heavy atom. The third-order valence-electron chi connectivity index (χ3n) is 3.31. The monoisotopic (exact) mass is 323 g/mol. The standard InChI is InChI=1S/C20H21NO3/c1-5-14-12-15(10-11-16(14)13-22)17-8-6-7-9-18(17)21-19(23)24-20(2,3)4/h5-13H,1H2,2-4H3,(H,21,23). The summed E-state index contributed by atoms with van der Waals surface area (Å²) in [5, 5.41) is 2.78. The number of amides is 1. The van der Waals surface area contributed by atoms with Crippen LogP contribution in [0.5, 0.6) is 0 Å². The zero-order chi connectivity index (χ0) is 17.7. The number of benzene rings is 2. The highest BCUT2D eigenvalue weighted by Gasteiger charge is 2.17. The lowest BCUT2D eigenvalue weighted by molar-refractivity contribution is 0.0636. The molecule has 4 nitrogen and oxygen atoms in total. The molecule has 1 N–H and O–H groups in total. The molecule has 0 bridgehead atoms. The van der Waals surface area contributed by atoms with Gasteiger partial charge in [-0.05, 0) is 44.0 Å². The molecule has 0 aromatic heterocycles. The minimum atomic E-state index is -0.569. The molecule has 124 valence electrons. The van der Waals surface area contributed by atoms with Gasteiger partial charge in [-0.25, -0.2) is 4.79 Å². The lowest BCUT2D eigenvalue weighted by Gasteiger charge is -2.20. The highest BCUT2D eigenvalue weighted by atomic mass is 16.6. The van der Waals surface area contributed by atoms with Gasteiger partial charge in [-0.3, -0.25) is 10.1 Å². The third-order valence-corrected chi connectivity index (χ3v) is 3.31. The van der Waals surface area contributed by atoms with Crippen LogP contribution >= 0.6 is 0 Å². The molecule has 0 atom stereocenters. The van der Waals surface area contributed by atoms with E-state index in [2.05, 4.69) is 11.9 Å². The molecule has 0 aliphatic heterocycles. The summed E-state index contributed by atoms with van der Waals surface area (Å²) in [7, 11) is 0. The van der Waals surface area contributed by atoms with Crippen molar-refractivity contribution in [3.05, 3.63) is 60.2 Å². The maximum absolute atomic E-state index is 12.0. The Kier molecular flexibility index (Phi) is 5.19. The molecular formula is C20H21NO3. The largest absolute Gasteiger partial charge is 0.444 e. The molecule has 0 spiro atoms. The van der Waals surface area contributed by atoms with Gasteiger partial charge in [0.2, 0.25) is 0 Å². The lowest BCUT2D eigenvalue weighted by atomic mass is 9.98. The van der Waals surface area contributed by atoms with Crippen molar-refractivity contribution in [3.8, 4) is 11.1 Å². The van der Waals surface area contributed by atoms with Crippen LogP contribution in [-0.2, 0) is 4.74 Å². The molecule has 0 unspecified atom stereocenters. The highest BCUT2D eigenvalue weighted by Crippen LogP contribution is 2.30. The summed E-state index contributed by atoms with van der Waals surface area (Å²) in [6.45, 7) is 9.17. The van der Waals surface area contributed by atoms with Crippen LogP contribution in [0.1, 0.15) is 36.7 Å². The summed E-state index contributed by atoms with van der Waals surface area (Å²) in [5.74, 6) is 0. The van der Waals surface area contributed by atoms with Gasteiger partial charge in [-0.1, -0.05) is 43.0 Å². The third kappa shape index (κ3) is 4.32. The van der Waals surface area contributed by atoms with Crippen LogP contribution in [0.2, 0.25) is 0 Å². The molecule has 0 radical (unpaired) electrons. The first-order chi connectivity index (χ1) is 11.3. The second kappa shape index (κ2) is 7.13. The number of hydrogen-bond donors (Lipinski definition) is 1. The zero-order valence-corrected chi connectivity index (χ0v) is 14.1. The quantitative estimate of drug-likeness (QED) is 0.791. The van der Waals surface area contributed by atoms with Crippen LogP contribution in [0, 0.1) is 0 Å². The van der Waals surface area contributed by atoms with Gasteiger partial charge in [0.15, 0.2) is 6.29 Å². The summed E-state index contributed by atoms with van der Waals surface area (Å²) in [4.78, 5) is 23.1. The van der Waals surface area contributed by atoms with Crippen molar-refractivity contribution in [3.63, 3.8) is 0 Å². The van der Waals surface area contributed by atoms with Crippen molar-refractivity contribution in [1.82, 2.24) is 0 Å². The van der Waals surface area contributed by atoms with Crippen molar-refractivity contribution in [2.75, 3.05) is 5.32 Å². The Balaban J connectivity index is 2.37. The Morgan fingerprint density at radius 2 is 1.83 bits per heavy atom. The number of rotatable bonds is 4. The second-order valence-corrected chi connectivity index (χ2v) is 6.34. The molecule has 0 fully saturated rings. The first-order valence-electron chi connectivity index (χ1n) is 7.65. The minimum absolute atomic E-state index is 0.511. The summed E-state index contributed by atoms with van der Waals surface area (Å²) in [6.07, 6.45) is 1.92. The topological polar surface area (TPSA) is 55.4 Å². The number of nitrogens with one attached hydrogen (secondary N) is 1. The number of para-hydroxylation sites is 1. The summed E-state index contributed by atoms with van der Waals surface area (Å²) >= 11 is 0. The molecule has 0 saturated heterocycles. The Morgan fingerprint density at radius 3 is 2.46 bits per heavy atom. The fourth-order valence-electron chi connectivity index (χ4n) is 2.28. The van der Waals surface area contributed by atoms with E-state index >= 15 is 0 Å².